The lowest BCUT2D eigenvalue weighted by molar-refractivity contribution is -0.137. The van der Waals surface area contributed by atoms with E-state index in [9.17, 15) is 20.1 Å². The lowest BCUT2D eigenvalue weighted by atomic mass is 9.85. The lowest BCUT2D eigenvalue weighted by Gasteiger charge is -2.24. The molecule has 1 aromatic rings. The van der Waals surface area contributed by atoms with Gasteiger partial charge in [-0.05, 0) is 68.2 Å². The third-order valence-electron chi connectivity index (χ3n) is 5.70. The van der Waals surface area contributed by atoms with Crippen LogP contribution in [0.15, 0.2) is 24.3 Å². The molecular formula is C23H31ClO5. The van der Waals surface area contributed by atoms with Gasteiger partial charge in [0.25, 0.3) is 0 Å². The predicted octanol–water partition coefficient (Wildman–Crippen LogP) is 3.62. The summed E-state index contributed by atoms with van der Waals surface area (Å²) in [5, 5.41) is 40.1. The molecule has 1 saturated carbocycles. The van der Waals surface area contributed by atoms with Crippen molar-refractivity contribution in [1.82, 2.24) is 0 Å². The Bertz CT molecular complexity index is 693. The average molecular weight is 423 g/mol. The van der Waals surface area contributed by atoms with E-state index in [0.717, 1.165) is 31.2 Å². The van der Waals surface area contributed by atoms with E-state index < -0.39 is 24.3 Å². The molecule has 1 aliphatic carbocycles. The molecule has 1 fully saturated rings. The van der Waals surface area contributed by atoms with E-state index in [1.54, 1.807) is 24.3 Å². The summed E-state index contributed by atoms with van der Waals surface area (Å²) in [6.45, 7) is 0. The number of aliphatic hydroxyl groups excluding tert-OH is 3. The van der Waals surface area contributed by atoms with Crippen LogP contribution in [0.5, 0.6) is 0 Å². The Balaban J connectivity index is 1.77. The maximum Gasteiger partial charge on any atom is 0.303 e. The van der Waals surface area contributed by atoms with Crippen molar-refractivity contribution in [3.8, 4) is 11.8 Å². The number of carbonyl (C=O) groups is 1. The number of carboxylic acid groups (broad SMARTS) is 1. The molecule has 1 aliphatic rings. The summed E-state index contributed by atoms with van der Waals surface area (Å²) in [5.74, 6) is 4.96. The number of halogens is 1. The molecule has 29 heavy (non-hydrogen) atoms. The topological polar surface area (TPSA) is 98.0 Å². The van der Waals surface area contributed by atoms with Crippen LogP contribution in [0.25, 0.3) is 0 Å². The van der Waals surface area contributed by atoms with E-state index in [1.807, 2.05) is 0 Å². The predicted molar refractivity (Wildman–Crippen MR) is 113 cm³/mol. The average Bonchev–Trinajstić information content (AvgIpc) is 2.94. The molecule has 5 nitrogen and oxygen atoms in total. The van der Waals surface area contributed by atoms with E-state index in [0.29, 0.717) is 30.7 Å². The Kier molecular flexibility index (Phi) is 9.96. The quantitative estimate of drug-likeness (QED) is 0.341. The van der Waals surface area contributed by atoms with Crippen LogP contribution in [0.2, 0.25) is 5.02 Å². The fourth-order valence-electron chi connectivity index (χ4n) is 4.11. The SMILES string of the molecule is O=C(O)CCCCCC[C@@H]1[C@@H](CCC(O)C#Cc2ccc(Cl)cc2)[C@H](O)C[C@@H]1O. The van der Waals surface area contributed by atoms with Gasteiger partial charge in [0.05, 0.1) is 12.2 Å². The van der Waals surface area contributed by atoms with Crippen molar-refractivity contribution >= 4 is 17.6 Å². The van der Waals surface area contributed by atoms with Crippen LogP contribution in [0, 0.1) is 23.7 Å². The van der Waals surface area contributed by atoms with Gasteiger partial charge in [-0.1, -0.05) is 42.7 Å². The van der Waals surface area contributed by atoms with E-state index in [-0.39, 0.29) is 18.3 Å². The summed E-state index contributed by atoms with van der Waals surface area (Å²) >= 11 is 5.84. The number of rotatable bonds is 10. The summed E-state index contributed by atoms with van der Waals surface area (Å²) in [4.78, 5) is 10.5. The number of hydrogen-bond donors (Lipinski definition) is 4. The smallest absolute Gasteiger partial charge is 0.303 e. The maximum atomic E-state index is 10.5. The standard InChI is InChI=1S/C23H31ClO5/c24-17-10-7-16(8-11-17)9-12-18(25)13-14-20-19(21(26)15-22(20)27)5-3-1-2-4-6-23(28)29/h7-8,10-11,18-22,25-27H,1-6,13-15H2,(H,28,29)/t18?,19-,20-,21+,22-/m1/s1. The number of carboxylic acids is 1. The molecule has 0 saturated heterocycles. The van der Waals surface area contributed by atoms with Gasteiger partial charge in [-0.25, -0.2) is 0 Å². The van der Waals surface area contributed by atoms with Gasteiger partial charge in [-0.2, -0.15) is 0 Å². The number of aliphatic hydroxyl groups is 3. The van der Waals surface area contributed by atoms with Crippen molar-refractivity contribution in [2.24, 2.45) is 11.8 Å². The van der Waals surface area contributed by atoms with Gasteiger partial charge in [-0.15, -0.1) is 0 Å². The molecule has 0 amide bonds. The van der Waals surface area contributed by atoms with Crippen LogP contribution in [-0.4, -0.2) is 44.7 Å². The fraction of sp³-hybridized carbons (Fsp3) is 0.609. The molecule has 2 rings (SSSR count). The van der Waals surface area contributed by atoms with Crippen LogP contribution in [0.1, 0.15) is 63.4 Å². The molecule has 1 aromatic carbocycles. The molecule has 1 unspecified atom stereocenters. The second kappa shape index (κ2) is 12.2. The Morgan fingerprint density at radius 1 is 1.03 bits per heavy atom. The molecule has 6 heteroatoms. The molecule has 0 bridgehead atoms. The van der Waals surface area contributed by atoms with Gasteiger partial charge in [0.15, 0.2) is 0 Å². The van der Waals surface area contributed by atoms with Gasteiger partial charge >= 0.3 is 5.97 Å². The monoisotopic (exact) mass is 422 g/mol. The second-order valence-corrected chi connectivity index (χ2v) is 8.35. The molecular weight excluding hydrogens is 392 g/mol. The third-order valence-corrected chi connectivity index (χ3v) is 5.95. The minimum absolute atomic E-state index is 0.0147. The zero-order chi connectivity index (χ0) is 21.2. The van der Waals surface area contributed by atoms with E-state index in [1.165, 1.54) is 0 Å². The van der Waals surface area contributed by atoms with Crippen molar-refractivity contribution in [2.45, 2.75) is 76.1 Å². The normalized spacial score (nSPS) is 24.7. The molecule has 4 N–H and O–H groups in total. The van der Waals surface area contributed by atoms with Gasteiger partial charge in [0.1, 0.15) is 6.10 Å². The molecule has 5 atom stereocenters. The van der Waals surface area contributed by atoms with Crippen LogP contribution < -0.4 is 0 Å². The summed E-state index contributed by atoms with van der Waals surface area (Å²) in [6, 6.07) is 7.10. The molecule has 160 valence electrons. The van der Waals surface area contributed by atoms with Crippen molar-refractivity contribution in [3.05, 3.63) is 34.9 Å². The van der Waals surface area contributed by atoms with E-state index >= 15 is 0 Å². The van der Waals surface area contributed by atoms with Crippen LogP contribution in [0.4, 0.5) is 0 Å². The molecule has 0 aliphatic heterocycles. The number of aliphatic carboxylic acids is 1. The minimum Gasteiger partial charge on any atom is -0.481 e. The summed E-state index contributed by atoms with van der Waals surface area (Å²) in [7, 11) is 0. The van der Waals surface area contributed by atoms with Crippen molar-refractivity contribution in [2.75, 3.05) is 0 Å². The first-order valence-electron chi connectivity index (χ1n) is 10.4. The zero-order valence-electron chi connectivity index (χ0n) is 16.6. The Hall–Kier alpha value is -1.58. The van der Waals surface area contributed by atoms with Crippen LogP contribution in [0.3, 0.4) is 0 Å². The van der Waals surface area contributed by atoms with Crippen molar-refractivity contribution < 1.29 is 25.2 Å². The number of benzene rings is 1. The summed E-state index contributed by atoms with van der Waals surface area (Å²) in [5.41, 5.74) is 0.783. The Morgan fingerprint density at radius 3 is 2.31 bits per heavy atom. The largest absolute Gasteiger partial charge is 0.481 e. The Morgan fingerprint density at radius 2 is 1.66 bits per heavy atom. The fourth-order valence-corrected chi connectivity index (χ4v) is 4.24. The first kappa shape index (κ1) is 23.7. The molecule has 0 heterocycles. The van der Waals surface area contributed by atoms with E-state index in [4.69, 9.17) is 16.7 Å². The van der Waals surface area contributed by atoms with Crippen molar-refractivity contribution in [3.63, 3.8) is 0 Å². The Labute approximate surface area is 177 Å². The minimum atomic E-state index is -0.785. The summed E-state index contributed by atoms with van der Waals surface area (Å²) < 4.78 is 0. The maximum absolute atomic E-state index is 10.5. The number of unbranched alkanes of at least 4 members (excludes halogenated alkanes) is 3. The molecule has 0 spiro atoms. The first-order chi connectivity index (χ1) is 13.9. The van der Waals surface area contributed by atoms with Gasteiger partial charge in [0, 0.05) is 17.0 Å². The number of hydrogen-bond acceptors (Lipinski definition) is 4. The highest BCUT2D eigenvalue weighted by Crippen LogP contribution is 2.39. The van der Waals surface area contributed by atoms with Crippen molar-refractivity contribution in [1.29, 1.82) is 0 Å². The highest BCUT2D eigenvalue weighted by atomic mass is 35.5. The second-order valence-electron chi connectivity index (χ2n) is 7.91. The van der Waals surface area contributed by atoms with Crippen LogP contribution in [-0.2, 0) is 4.79 Å². The van der Waals surface area contributed by atoms with Gasteiger partial charge < -0.3 is 20.4 Å². The zero-order valence-corrected chi connectivity index (χ0v) is 17.4. The van der Waals surface area contributed by atoms with E-state index in [2.05, 4.69) is 11.8 Å². The highest BCUT2D eigenvalue weighted by Gasteiger charge is 2.40. The first-order valence-corrected chi connectivity index (χ1v) is 10.8. The van der Waals surface area contributed by atoms with Gasteiger partial charge in [0.2, 0.25) is 0 Å². The lowest BCUT2D eigenvalue weighted by Crippen LogP contribution is -2.23. The summed E-state index contributed by atoms with van der Waals surface area (Å²) in [6.07, 6.45) is 3.94. The van der Waals surface area contributed by atoms with Gasteiger partial charge in [-0.3, -0.25) is 4.79 Å². The molecule has 0 radical (unpaired) electrons. The third kappa shape index (κ3) is 8.36. The molecule has 0 aromatic heterocycles. The highest BCUT2D eigenvalue weighted by molar-refractivity contribution is 6.30. The van der Waals surface area contributed by atoms with Crippen LogP contribution >= 0.6 is 11.6 Å².